The van der Waals surface area contributed by atoms with Crippen LogP contribution in [0.25, 0.3) is 33.5 Å². The molecular weight excluding hydrogens is 1820 g/mol. The lowest BCUT2D eigenvalue weighted by atomic mass is 9.75. The maximum Gasteiger partial charge on any atom is 0.437 e. The van der Waals surface area contributed by atoms with Gasteiger partial charge in [-0.3, -0.25) is 0 Å². The molecule has 674 valence electrons. The second-order valence-corrected chi connectivity index (χ2v) is 43.3. The monoisotopic (exact) mass is 1910 g/mol. The standard InChI is InChI=1S/C79H94Cl6F9N21O6S3/c1-43(2)123(118,119)99-16-20-108-32-46(22-49(35-108)52-39-111(40-52)65-29-95-68-71(77(86,87)88)104-113(74(68)101-65)45(5)57-12-9-54(80)26-60(57)83)25-64(59-14-11-56(82)28-62(59)85)115-76-70(73(106-115)79(92,93)94)97-31-67(103-76)112-41-53(42-112)50-23-47(33-109(36-50)21-17-100-124(120,121)44(3)4)24-63(58-13-10-55(81)27-61(58)84)114-75-69(72(105-114)78(89,90)91)96-30-66(102-75)110-37-51(38-110)48-8-7-18-107(34-48)19-15-98-122(6,116)117/h9-14,26-31,43-53,63-64,98-100H,7-8,15-25,32-42H2,1-6H3/t45-,46?,47?,48+,49-,50+,63-,64-/m1/s1. The van der Waals surface area contributed by atoms with E-state index in [0.29, 0.717) is 112 Å². The minimum absolute atomic E-state index is 0.0283. The summed E-state index contributed by atoms with van der Waals surface area (Å²) in [6, 6.07) is 11.1. The zero-order valence-corrected chi connectivity index (χ0v) is 75.3. The molecule has 6 aliphatic heterocycles. The summed E-state index contributed by atoms with van der Waals surface area (Å²) in [7, 11) is -10.8. The number of alkyl halides is 9. The molecular formula is C79H94Cl6F9N21O6S3. The third kappa shape index (κ3) is 20.4. The minimum atomic E-state index is -5.06. The molecule has 45 heteroatoms. The predicted molar refractivity (Wildman–Crippen MR) is 459 cm³/mol. The van der Waals surface area contributed by atoms with E-state index in [1.165, 1.54) is 46.2 Å². The molecule has 0 saturated carbocycles. The molecule has 124 heavy (non-hydrogen) atoms. The van der Waals surface area contributed by atoms with Crippen LogP contribution in [-0.2, 0) is 48.6 Å². The second-order valence-electron chi connectivity index (χ2n) is 34.3. The molecule has 0 spiro atoms. The molecule has 8 atom stereocenters. The van der Waals surface area contributed by atoms with E-state index in [1.54, 1.807) is 71.0 Å². The van der Waals surface area contributed by atoms with Crippen molar-refractivity contribution < 1.29 is 64.8 Å². The Labute approximate surface area is 741 Å². The molecule has 2 unspecified atom stereocenters. The first-order valence-electron chi connectivity index (χ1n) is 41.1. The van der Waals surface area contributed by atoms with Gasteiger partial charge in [-0.25, -0.2) is 83.4 Å². The lowest BCUT2D eigenvalue weighted by molar-refractivity contribution is -0.141. The molecule has 15 rings (SSSR count). The first-order chi connectivity index (χ1) is 58.4. The number of fused-ring (bicyclic) bond motifs is 3. The number of hydrogen-bond acceptors (Lipinski definition) is 21. The van der Waals surface area contributed by atoms with Crippen LogP contribution >= 0.6 is 69.6 Å². The Morgan fingerprint density at radius 3 is 1.13 bits per heavy atom. The maximum atomic E-state index is 15.7. The highest BCUT2D eigenvalue weighted by atomic mass is 35.5. The molecule has 0 amide bonds. The number of likely N-dealkylation sites (tertiary alicyclic amines) is 3. The summed E-state index contributed by atoms with van der Waals surface area (Å²) in [6.45, 7) is 14.9. The Hall–Kier alpha value is -6.57. The molecule has 0 bridgehead atoms. The number of benzene rings is 3. The summed E-state index contributed by atoms with van der Waals surface area (Å²) in [4.78, 5) is 40.1. The number of anilines is 3. The zero-order chi connectivity index (χ0) is 88.8. The normalized spacial score (nSPS) is 21.5. The largest absolute Gasteiger partial charge is 0.437 e. The van der Waals surface area contributed by atoms with Gasteiger partial charge >= 0.3 is 18.5 Å². The summed E-state index contributed by atoms with van der Waals surface area (Å²) in [5.74, 6) is 0.103. The van der Waals surface area contributed by atoms with Crippen molar-refractivity contribution >= 4 is 151 Å². The zero-order valence-electron chi connectivity index (χ0n) is 68.3. The molecule has 6 fully saturated rings. The molecule has 9 aromatic rings. The van der Waals surface area contributed by atoms with Crippen LogP contribution in [0.15, 0.2) is 73.2 Å². The van der Waals surface area contributed by atoms with Gasteiger partial charge in [-0.2, -0.15) is 54.8 Å². The van der Waals surface area contributed by atoms with Crippen molar-refractivity contribution in [1.82, 2.24) is 88.1 Å². The van der Waals surface area contributed by atoms with Crippen LogP contribution in [0.5, 0.6) is 0 Å². The van der Waals surface area contributed by atoms with Crippen LogP contribution in [0.2, 0.25) is 30.1 Å². The molecule has 6 saturated heterocycles. The second kappa shape index (κ2) is 36.4. The van der Waals surface area contributed by atoms with E-state index >= 15 is 26.3 Å². The van der Waals surface area contributed by atoms with Gasteiger partial charge in [0.25, 0.3) is 0 Å². The van der Waals surface area contributed by atoms with Gasteiger partial charge < -0.3 is 29.4 Å². The van der Waals surface area contributed by atoms with Gasteiger partial charge in [-0.1, -0.05) is 87.8 Å². The van der Waals surface area contributed by atoms with Gasteiger partial charge in [-0.05, 0) is 180 Å². The molecule has 12 heterocycles. The van der Waals surface area contributed by atoms with E-state index in [4.69, 9.17) is 84.6 Å². The highest BCUT2D eigenvalue weighted by molar-refractivity contribution is 7.90. The Morgan fingerprint density at radius 2 is 0.766 bits per heavy atom. The SMILES string of the molecule is CC(C)S(=O)(=O)NCCN1CC(C[C@H](c2ccc(Cl)cc2Cl)n2nc(C(F)(F)F)c3ncc(N4CC([C@H]5CC(C[C@H](c6ccc(Cl)cc6Cl)n6nc(C(F)(F)F)c7ncc(N8CC([C@H]9CCCN(CCNS(C)(=O)=O)C9)C8)nc76)CN(CCNS(=O)(=O)C(C)C)C5)C4)nc32)C[C@@H](C2CN(c3cnc4c(C(F)(F)F)nn([C@H](C)c5ccc(Cl)cc5Cl)c4n3)C2)C1. The molecule has 0 aliphatic carbocycles. The molecule has 3 aromatic carbocycles. The van der Waals surface area contributed by atoms with Gasteiger partial charge in [0, 0.05) is 141 Å². The highest BCUT2D eigenvalue weighted by Crippen LogP contribution is 2.48. The Kier molecular flexibility index (Phi) is 27.1. The molecule has 6 aliphatic rings. The van der Waals surface area contributed by atoms with Gasteiger partial charge in [0.2, 0.25) is 30.1 Å². The van der Waals surface area contributed by atoms with Gasteiger partial charge in [0.15, 0.2) is 34.0 Å². The lowest BCUT2D eigenvalue weighted by Crippen LogP contribution is -2.55. The van der Waals surface area contributed by atoms with E-state index in [1.807, 2.05) is 14.7 Å². The smallest absolute Gasteiger partial charge is 0.355 e. The van der Waals surface area contributed by atoms with Crippen LogP contribution in [0.4, 0.5) is 57.0 Å². The fourth-order valence-electron chi connectivity index (χ4n) is 18.5. The summed E-state index contributed by atoms with van der Waals surface area (Å²) >= 11 is 40.1. The topological polar surface area (TPSA) is 289 Å². The fraction of sp³-hybridized carbons (Fsp3) is 0.582. The van der Waals surface area contributed by atoms with E-state index in [-0.39, 0.29) is 147 Å². The van der Waals surface area contributed by atoms with Crippen LogP contribution in [0.1, 0.15) is 125 Å². The van der Waals surface area contributed by atoms with E-state index in [9.17, 15) is 38.4 Å². The Balaban J connectivity index is 0.709. The van der Waals surface area contributed by atoms with Crippen molar-refractivity contribution in [3.8, 4) is 0 Å². The maximum absolute atomic E-state index is 15.7. The lowest BCUT2D eigenvalue weighted by Gasteiger charge is -2.49. The Bertz CT molecular complexity index is 5780. The van der Waals surface area contributed by atoms with E-state index < -0.39 is 111 Å². The molecule has 0 radical (unpaired) electrons. The number of nitrogens with one attached hydrogen (secondary N) is 3. The van der Waals surface area contributed by atoms with Crippen LogP contribution in [0.3, 0.4) is 0 Å². The van der Waals surface area contributed by atoms with Crippen molar-refractivity contribution in [2.75, 3.05) is 139 Å². The fourth-order valence-corrected chi connectivity index (χ4v) is 22.0. The van der Waals surface area contributed by atoms with Crippen molar-refractivity contribution in [2.24, 2.45) is 47.3 Å². The van der Waals surface area contributed by atoms with Crippen LogP contribution in [0, 0.1) is 47.3 Å². The van der Waals surface area contributed by atoms with E-state index in [2.05, 4.69) is 59.1 Å². The van der Waals surface area contributed by atoms with Crippen molar-refractivity contribution in [2.45, 2.75) is 120 Å². The van der Waals surface area contributed by atoms with Crippen molar-refractivity contribution in [3.63, 3.8) is 0 Å². The summed E-state index contributed by atoms with van der Waals surface area (Å²) < 4.78 is 225. The van der Waals surface area contributed by atoms with Gasteiger partial charge in [-0.15, -0.1) is 0 Å². The minimum Gasteiger partial charge on any atom is -0.355 e. The third-order valence-corrected chi connectivity index (χ3v) is 31.2. The average Bonchev–Trinajstić information content (AvgIpc) is 1.59. The molecule has 3 N–H and O–H groups in total. The quantitative estimate of drug-likeness (QED) is 0.0353. The number of piperidine rings is 3. The van der Waals surface area contributed by atoms with Crippen molar-refractivity contribution in [3.05, 3.63) is 137 Å². The predicted octanol–water partition coefficient (Wildman–Crippen LogP) is 14.2. The number of aromatic nitrogens is 12. The highest BCUT2D eigenvalue weighted by Gasteiger charge is 2.48. The van der Waals surface area contributed by atoms with E-state index in [0.717, 1.165) is 36.9 Å². The van der Waals surface area contributed by atoms with Gasteiger partial charge in [0.1, 0.15) is 34.0 Å². The number of sulfonamides is 3. The molecule has 27 nitrogen and oxygen atoms in total. The number of rotatable bonds is 30. The number of hydrogen-bond donors (Lipinski definition) is 3. The summed E-state index contributed by atoms with van der Waals surface area (Å²) in [5.41, 5.74) is -4.55. The first-order valence-corrected chi connectivity index (χ1v) is 48.3. The van der Waals surface area contributed by atoms with Crippen LogP contribution < -0.4 is 28.9 Å². The third-order valence-electron chi connectivity index (χ3n) is 25.1. The Morgan fingerprint density at radius 1 is 0.427 bits per heavy atom. The molecule has 6 aromatic heterocycles. The average molecular weight is 1910 g/mol. The van der Waals surface area contributed by atoms with Crippen LogP contribution in [-0.4, -0.2) is 234 Å². The number of halogens is 15. The van der Waals surface area contributed by atoms with Gasteiger partial charge in [0.05, 0.1) is 53.5 Å². The number of nitrogens with zero attached hydrogens (tertiary/aromatic N) is 18. The summed E-state index contributed by atoms with van der Waals surface area (Å²) in [6.07, 6.45) is -6.84. The summed E-state index contributed by atoms with van der Waals surface area (Å²) in [5, 5.41) is 12.5. The van der Waals surface area contributed by atoms with Crippen molar-refractivity contribution in [1.29, 1.82) is 0 Å². The first kappa shape index (κ1) is 92.2.